The highest BCUT2D eigenvalue weighted by atomic mass is 16.5. The monoisotopic (exact) mass is 344 g/mol. The molecule has 0 bridgehead atoms. The Bertz CT molecular complexity index is 765. The molecule has 2 fully saturated rings. The quantitative estimate of drug-likeness (QED) is 0.899. The molecule has 7 nitrogen and oxygen atoms in total. The SMILES string of the molecule is Cc1cc(N[C@H]2COC[C@@H]2N2CCN(C)CC2)n2nc(C)c(C)c2n1. The summed E-state index contributed by atoms with van der Waals surface area (Å²) < 4.78 is 7.77. The zero-order chi connectivity index (χ0) is 17.6. The van der Waals surface area contributed by atoms with Crippen molar-refractivity contribution in [2.24, 2.45) is 0 Å². The maximum absolute atomic E-state index is 5.83. The van der Waals surface area contributed by atoms with Gasteiger partial charge in [0.25, 0.3) is 0 Å². The third-order valence-corrected chi connectivity index (χ3v) is 5.58. The lowest BCUT2D eigenvalue weighted by Crippen LogP contribution is -2.54. The Morgan fingerprint density at radius 3 is 2.64 bits per heavy atom. The summed E-state index contributed by atoms with van der Waals surface area (Å²) in [5.74, 6) is 1.01. The van der Waals surface area contributed by atoms with Gasteiger partial charge in [-0.05, 0) is 27.8 Å². The fourth-order valence-electron chi connectivity index (χ4n) is 3.84. The zero-order valence-electron chi connectivity index (χ0n) is 15.6. The van der Waals surface area contributed by atoms with E-state index in [1.165, 1.54) is 0 Å². The Morgan fingerprint density at radius 2 is 1.88 bits per heavy atom. The molecule has 2 aliphatic rings. The van der Waals surface area contributed by atoms with Gasteiger partial charge in [0.2, 0.25) is 0 Å². The Hall–Kier alpha value is -1.70. The van der Waals surface area contributed by atoms with Gasteiger partial charge >= 0.3 is 0 Å². The van der Waals surface area contributed by atoms with Crippen molar-refractivity contribution >= 4 is 11.5 Å². The molecule has 0 radical (unpaired) electrons. The minimum Gasteiger partial charge on any atom is -0.378 e. The molecule has 0 saturated carbocycles. The Morgan fingerprint density at radius 1 is 1.12 bits per heavy atom. The van der Waals surface area contributed by atoms with E-state index < -0.39 is 0 Å². The minimum absolute atomic E-state index is 0.276. The fraction of sp³-hybridized carbons (Fsp3) is 0.667. The highest BCUT2D eigenvalue weighted by molar-refractivity contribution is 5.56. The van der Waals surface area contributed by atoms with Crippen LogP contribution in [0.3, 0.4) is 0 Å². The molecule has 0 spiro atoms. The van der Waals surface area contributed by atoms with Crippen molar-refractivity contribution in [3.05, 3.63) is 23.0 Å². The Balaban J connectivity index is 1.59. The highest BCUT2D eigenvalue weighted by Gasteiger charge is 2.34. The van der Waals surface area contributed by atoms with Crippen molar-refractivity contribution in [2.45, 2.75) is 32.9 Å². The number of ether oxygens (including phenoxy) is 1. The van der Waals surface area contributed by atoms with E-state index in [4.69, 9.17) is 4.74 Å². The lowest BCUT2D eigenvalue weighted by molar-refractivity contribution is 0.0948. The summed E-state index contributed by atoms with van der Waals surface area (Å²) in [7, 11) is 2.19. The molecule has 0 unspecified atom stereocenters. The molecule has 0 aliphatic carbocycles. The van der Waals surface area contributed by atoms with Crippen molar-refractivity contribution in [3.63, 3.8) is 0 Å². The Kier molecular flexibility index (Phi) is 4.39. The van der Waals surface area contributed by atoms with Crippen molar-refractivity contribution in [1.82, 2.24) is 24.4 Å². The molecule has 2 aliphatic heterocycles. The number of nitrogens with one attached hydrogen (secondary N) is 1. The van der Waals surface area contributed by atoms with E-state index in [9.17, 15) is 0 Å². The van der Waals surface area contributed by atoms with Gasteiger partial charge in [0, 0.05) is 43.5 Å². The summed E-state index contributed by atoms with van der Waals surface area (Å²) in [4.78, 5) is 9.62. The van der Waals surface area contributed by atoms with Crippen LogP contribution < -0.4 is 5.32 Å². The minimum atomic E-state index is 0.276. The molecule has 25 heavy (non-hydrogen) atoms. The number of hydrogen-bond donors (Lipinski definition) is 1. The molecule has 4 heterocycles. The van der Waals surface area contributed by atoms with Gasteiger partial charge in [-0.3, -0.25) is 4.90 Å². The summed E-state index contributed by atoms with van der Waals surface area (Å²) in [6.07, 6.45) is 0. The van der Waals surface area contributed by atoms with Crippen LogP contribution in [0.4, 0.5) is 5.82 Å². The molecule has 1 N–H and O–H groups in total. The van der Waals surface area contributed by atoms with Gasteiger partial charge < -0.3 is 15.0 Å². The molecule has 0 aromatic carbocycles. The van der Waals surface area contributed by atoms with E-state index in [0.717, 1.165) is 67.8 Å². The zero-order valence-corrected chi connectivity index (χ0v) is 15.6. The van der Waals surface area contributed by atoms with Crippen LogP contribution in [0.5, 0.6) is 0 Å². The van der Waals surface area contributed by atoms with Crippen LogP contribution >= 0.6 is 0 Å². The topological polar surface area (TPSA) is 57.9 Å². The normalized spacial score (nSPS) is 25.8. The van der Waals surface area contributed by atoms with E-state index >= 15 is 0 Å². The van der Waals surface area contributed by atoms with E-state index in [-0.39, 0.29) is 6.04 Å². The van der Waals surface area contributed by atoms with E-state index in [0.29, 0.717) is 6.04 Å². The van der Waals surface area contributed by atoms with Crippen molar-refractivity contribution in [3.8, 4) is 0 Å². The van der Waals surface area contributed by atoms with Gasteiger partial charge in [0.1, 0.15) is 5.82 Å². The number of hydrogen-bond acceptors (Lipinski definition) is 6. The maximum atomic E-state index is 5.83. The van der Waals surface area contributed by atoms with Crippen molar-refractivity contribution in [2.75, 3.05) is 51.8 Å². The van der Waals surface area contributed by atoms with Gasteiger partial charge in [0.15, 0.2) is 5.65 Å². The summed E-state index contributed by atoms with van der Waals surface area (Å²) in [5.41, 5.74) is 4.12. The van der Waals surface area contributed by atoms with E-state index in [1.807, 2.05) is 18.4 Å². The predicted molar refractivity (Wildman–Crippen MR) is 98.3 cm³/mol. The van der Waals surface area contributed by atoms with Gasteiger partial charge in [-0.1, -0.05) is 0 Å². The van der Waals surface area contributed by atoms with Crippen molar-refractivity contribution in [1.29, 1.82) is 0 Å². The summed E-state index contributed by atoms with van der Waals surface area (Å²) in [6, 6.07) is 2.77. The van der Waals surface area contributed by atoms with Crippen LogP contribution in [0.15, 0.2) is 6.07 Å². The molecular weight excluding hydrogens is 316 g/mol. The Labute approximate surface area is 149 Å². The average molecular weight is 344 g/mol. The predicted octanol–water partition coefficient (Wildman–Crippen LogP) is 1.08. The van der Waals surface area contributed by atoms with Gasteiger partial charge in [0.05, 0.1) is 31.0 Å². The van der Waals surface area contributed by atoms with Crippen LogP contribution in [-0.4, -0.2) is 82.9 Å². The smallest absolute Gasteiger partial charge is 0.160 e. The first-order valence-electron chi connectivity index (χ1n) is 9.13. The number of aryl methyl sites for hydroxylation is 3. The fourth-order valence-corrected chi connectivity index (χ4v) is 3.84. The van der Waals surface area contributed by atoms with Gasteiger partial charge in [-0.15, -0.1) is 0 Å². The first kappa shape index (κ1) is 16.8. The number of nitrogens with zero attached hydrogens (tertiary/aromatic N) is 5. The average Bonchev–Trinajstić information content (AvgIpc) is 3.15. The van der Waals surface area contributed by atoms with Crippen LogP contribution in [0.2, 0.25) is 0 Å². The summed E-state index contributed by atoms with van der Waals surface area (Å²) in [5, 5.41) is 8.38. The number of piperazine rings is 1. The van der Waals surface area contributed by atoms with Crippen molar-refractivity contribution < 1.29 is 4.74 Å². The second-order valence-corrected chi connectivity index (χ2v) is 7.42. The second-order valence-electron chi connectivity index (χ2n) is 7.42. The molecule has 2 atom stereocenters. The van der Waals surface area contributed by atoms with Crippen LogP contribution in [0, 0.1) is 20.8 Å². The number of likely N-dealkylation sites (N-methyl/N-ethyl adjacent to an activating group) is 1. The third kappa shape index (κ3) is 3.12. The maximum Gasteiger partial charge on any atom is 0.160 e. The number of aromatic nitrogens is 3. The van der Waals surface area contributed by atoms with E-state index in [1.54, 1.807) is 0 Å². The number of fused-ring (bicyclic) bond motifs is 1. The number of rotatable bonds is 3. The molecule has 4 rings (SSSR count). The molecule has 136 valence electrons. The largest absolute Gasteiger partial charge is 0.378 e. The lowest BCUT2D eigenvalue weighted by Gasteiger charge is -2.38. The third-order valence-electron chi connectivity index (χ3n) is 5.58. The standard InChI is InChI=1S/C18H28N6O/c1-12-9-17(24-18(19-12)13(2)14(3)21-24)20-15-10-25-11-16(15)23-7-5-22(4)6-8-23/h9,15-16,20H,5-8,10-11H2,1-4H3/t15-,16-/m0/s1. The summed E-state index contributed by atoms with van der Waals surface area (Å²) >= 11 is 0. The van der Waals surface area contributed by atoms with Gasteiger partial charge in [-0.2, -0.15) is 9.61 Å². The second kappa shape index (κ2) is 6.55. The molecule has 2 aromatic heterocycles. The van der Waals surface area contributed by atoms with Crippen LogP contribution in [0.1, 0.15) is 17.0 Å². The van der Waals surface area contributed by atoms with Crippen LogP contribution in [0.25, 0.3) is 5.65 Å². The highest BCUT2D eigenvalue weighted by Crippen LogP contribution is 2.22. The summed E-state index contributed by atoms with van der Waals surface area (Å²) in [6.45, 7) is 12.1. The first-order chi connectivity index (χ1) is 12.0. The van der Waals surface area contributed by atoms with Crippen LogP contribution in [-0.2, 0) is 4.74 Å². The molecule has 7 heteroatoms. The van der Waals surface area contributed by atoms with Gasteiger partial charge in [-0.25, -0.2) is 4.98 Å². The lowest BCUT2D eigenvalue weighted by atomic mass is 10.1. The molecule has 0 amide bonds. The van der Waals surface area contributed by atoms with E-state index in [2.05, 4.69) is 45.2 Å². The first-order valence-corrected chi connectivity index (χ1v) is 9.13. The molecular formula is C18H28N6O. The molecule has 2 saturated heterocycles. The molecule has 2 aromatic rings. The number of anilines is 1.